The zero-order valence-electron chi connectivity index (χ0n) is 9.90. The summed E-state index contributed by atoms with van der Waals surface area (Å²) in [7, 11) is -3.35. The van der Waals surface area contributed by atoms with Gasteiger partial charge in [0.05, 0.1) is 4.90 Å². The van der Waals surface area contributed by atoms with E-state index in [4.69, 9.17) is 5.73 Å². The van der Waals surface area contributed by atoms with E-state index < -0.39 is 15.4 Å². The largest absolute Gasteiger partial charge is 0.508 e. The van der Waals surface area contributed by atoms with Crippen LogP contribution in [-0.4, -0.2) is 19.8 Å². The topological polar surface area (TPSA) is 80.4 Å². The molecule has 3 N–H and O–H groups in total. The zero-order valence-corrected chi connectivity index (χ0v) is 10.7. The first kappa shape index (κ1) is 13.0. The lowest BCUT2D eigenvalue weighted by Gasteiger charge is -2.23. The summed E-state index contributed by atoms with van der Waals surface area (Å²) in [4.78, 5) is 0.176. The van der Waals surface area contributed by atoms with Crippen molar-refractivity contribution < 1.29 is 13.5 Å². The molecule has 5 heteroatoms. The number of hydrogen-bond donors (Lipinski definition) is 2. The predicted molar refractivity (Wildman–Crippen MR) is 63.2 cm³/mol. The van der Waals surface area contributed by atoms with E-state index in [0.29, 0.717) is 11.1 Å². The van der Waals surface area contributed by atoms with Gasteiger partial charge < -0.3 is 10.8 Å². The molecule has 1 rings (SSSR count). The Morgan fingerprint density at radius 3 is 2.19 bits per heavy atom. The first-order chi connectivity index (χ1) is 7.03. The van der Waals surface area contributed by atoms with Crippen LogP contribution in [0.1, 0.15) is 25.0 Å². The van der Waals surface area contributed by atoms with E-state index in [1.807, 2.05) is 0 Å². The third kappa shape index (κ3) is 2.54. The van der Waals surface area contributed by atoms with Crippen LogP contribution in [0.3, 0.4) is 0 Å². The Morgan fingerprint density at radius 2 is 1.81 bits per heavy atom. The summed E-state index contributed by atoms with van der Waals surface area (Å²) in [5.41, 5.74) is 6.03. The molecule has 0 saturated heterocycles. The number of phenols is 1. The van der Waals surface area contributed by atoms with Crippen molar-refractivity contribution >= 4 is 9.84 Å². The number of nitrogens with two attached hydrogens (primary N) is 1. The number of aryl methyl sites for hydroxylation is 1. The second-order valence-electron chi connectivity index (χ2n) is 4.63. The Labute approximate surface area is 96.0 Å². The highest BCUT2D eigenvalue weighted by Crippen LogP contribution is 2.31. The summed E-state index contributed by atoms with van der Waals surface area (Å²) in [5.74, 6) is 0.0564. The third-order valence-electron chi connectivity index (χ3n) is 2.39. The van der Waals surface area contributed by atoms with Crippen molar-refractivity contribution in [1.82, 2.24) is 0 Å². The number of phenolic OH excluding ortho intramolecular Hbond substituents is 1. The fourth-order valence-electron chi connectivity index (χ4n) is 1.48. The molecule has 1 aromatic rings. The molecule has 0 fully saturated rings. The molecule has 0 bridgehead atoms. The maximum absolute atomic E-state index is 11.6. The van der Waals surface area contributed by atoms with Crippen molar-refractivity contribution in [1.29, 1.82) is 0 Å². The first-order valence-corrected chi connectivity index (χ1v) is 6.75. The smallest absolute Gasteiger partial charge is 0.175 e. The van der Waals surface area contributed by atoms with Crippen LogP contribution in [0.4, 0.5) is 0 Å². The maximum atomic E-state index is 11.6. The normalized spacial score (nSPS) is 12.8. The second kappa shape index (κ2) is 3.75. The molecular weight excluding hydrogens is 226 g/mol. The lowest BCUT2D eigenvalue weighted by molar-refractivity contribution is 0.462. The fraction of sp³-hybridized carbons (Fsp3) is 0.455. The molecule has 16 heavy (non-hydrogen) atoms. The number of benzene rings is 1. The summed E-state index contributed by atoms with van der Waals surface area (Å²) < 4.78 is 23.3. The Hall–Kier alpha value is -1.07. The van der Waals surface area contributed by atoms with E-state index in [1.165, 1.54) is 12.1 Å². The van der Waals surface area contributed by atoms with E-state index in [-0.39, 0.29) is 10.6 Å². The molecule has 0 heterocycles. The molecule has 1 aromatic carbocycles. The molecule has 0 radical (unpaired) electrons. The van der Waals surface area contributed by atoms with Crippen LogP contribution in [0.2, 0.25) is 0 Å². The quantitative estimate of drug-likeness (QED) is 0.820. The summed E-state index contributed by atoms with van der Waals surface area (Å²) in [6.07, 6.45) is 1.13. The van der Waals surface area contributed by atoms with E-state index in [0.717, 1.165) is 6.26 Å². The molecule has 0 aliphatic heterocycles. The van der Waals surface area contributed by atoms with Crippen molar-refractivity contribution in [3.63, 3.8) is 0 Å². The molecule has 0 unspecified atom stereocenters. The highest BCUT2D eigenvalue weighted by Gasteiger charge is 2.24. The van der Waals surface area contributed by atoms with E-state index in [1.54, 1.807) is 20.8 Å². The molecule has 0 saturated carbocycles. The van der Waals surface area contributed by atoms with Crippen molar-refractivity contribution in [3.05, 3.63) is 23.3 Å². The van der Waals surface area contributed by atoms with Crippen LogP contribution in [0.5, 0.6) is 5.75 Å². The minimum absolute atomic E-state index is 0.0564. The van der Waals surface area contributed by atoms with Crippen LogP contribution in [0, 0.1) is 6.92 Å². The molecular formula is C11H17NO3S. The van der Waals surface area contributed by atoms with Gasteiger partial charge in [0, 0.05) is 11.8 Å². The lowest BCUT2D eigenvalue weighted by Crippen LogP contribution is -2.30. The molecule has 0 aliphatic carbocycles. The van der Waals surface area contributed by atoms with Gasteiger partial charge in [-0.25, -0.2) is 8.42 Å². The number of aromatic hydroxyl groups is 1. The van der Waals surface area contributed by atoms with E-state index in [2.05, 4.69) is 0 Å². The van der Waals surface area contributed by atoms with Gasteiger partial charge in [-0.3, -0.25) is 0 Å². The molecule has 0 spiro atoms. The molecule has 0 amide bonds. The van der Waals surface area contributed by atoms with Crippen LogP contribution >= 0.6 is 0 Å². The Kier molecular flexibility index (Phi) is 3.04. The standard InChI is InChI=1S/C11H17NO3S/c1-7-5-10(16(4,14)15)8(6-9(7)13)11(2,3)12/h5-6,13H,12H2,1-4H3. The predicted octanol–water partition coefficient (Wildman–Crippen LogP) is 1.30. The van der Waals surface area contributed by atoms with Crippen molar-refractivity contribution in [2.24, 2.45) is 5.73 Å². The Morgan fingerprint density at radius 1 is 1.31 bits per heavy atom. The van der Waals surface area contributed by atoms with Crippen molar-refractivity contribution in [3.8, 4) is 5.75 Å². The van der Waals surface area contributed by atoms with Crippen molar-refractivity contribution in [2.45, 2.75) is 31.2 Å². The Balaban J connectivity index is 3.66. The van der Waals surface area contributed by atoms with Gasteiger partial charge in [0.15, 0.2) is 9.84 Å². The Bertz CT molecular complexity index is 513. The van der Waals surface area contributed by atoms with Crippen LogP contribution in [0.15, 0.2) is 17.0 Å². The SMILES string of the molecule is Cc1cc(S(C)(=O)=O)c(C(C)(C)N)cc1O. The average molecular weight is 243 g/mol. The van der Waals surface area contributed by atoms with Gasteiger partial charge in [-0.2, -0.15) is 0 Å². The van der Waals surface area contributed by atoms with Crippen LogP contribution in [-0.2, 0) is 15.4 Å². The average Bonchev–Trinajstić information content (AvgIpc) is 2.05. The maximum Gasteiger partial charge on any atom is 0.175 e. The molecule has 0 atom stereocenters. The van der Waals surface area contributed by atoms with Gasteiger partial charge in [-0.1, -0.05) is 0 Å². The first-order valence-electron chi connectivity index (χ1n) is 4.86. The van der Waals surface area contributed by atoms with Crippen LogP contribution in [0.25, 0.3) is 0 Å². The molecule has 4 nitrogen and oxygen atoms in total. The van der Waals surface area contributed by atoms with Gasteiger partial charge in [0.2, 0.25) is 0 Å². The monoisotopic (exact) mass is 243 g/mol. The summed E-state index contributed by atoms with van der Waals surface area (Å²) in [6, 6.07) is 2.88. The highest BCUT2D eigenvalue weighted by atomic mass is 32.2. The van der Waals surface area contributed by atoms with E-state index in [9.17, 15) is 13.5 Å². The number of hydrogen-bond acceptors (Lipinski definition) is 4. The van der Waals surface area contributed by atoms with Gasteiger partial charge >= 0.3 is 0 Å². The van der Waals surface area contributed by atoms with E-state index >= 15 is 0 Å². The van der Waals surface area contributed by atoms with Gasteiger partial charge in [0.1, 0.15) is 5.75 Å². The molecule has 0 aromatic heterocycles. The number of sulfone groups is 1. The number of rotatable bonds is 2. The summed E-state index contributed by atoms with van der Waals surface area (Å²) >= 11 is 0. The molecule has 0 aliphatic rings. The van der Waals surface area contributed by atoms with Crippen LogP contribution < -0.4 is 5.73 Å². The summed E-state index contributed by atoms with van der Waals surface area (Å²) in [6.45, 7) is 5.05. The highest BCUT2D eigenvalue weighted by molar-refractivity contribution is 7.90. The second-order valence-corrected chi connectivity index (χ2v) is 6.61. The van der Waals surface area contributed by atoms with Crippen molar-refractivity contribution in [2.75, 3.05) is 6.26 Å². The lowest BCUT2D eigenvalue weighted by atomic mass is 9.94. The molecule has 90 valence electrons. The minimum Gasteiger partial charge on any atom is -0.508 e. The zero-order chi connectivity index (χ0) is 12.7. The van der Waals surface area contributed by atoms with Gasteiger partial charge in [-0.15, -0.1) is 0 Å². The van der Waals surface area contributed by atoms with Gasteiger partial charge in [0.25, 0.3) is 0 Å². The third-order valence-corrected chi connectivity index (χ3v) is 3.53. The van der Waals surface area contributed by atoms with Gasteiger partial charge in [-0.05, 0) is 44.0 Å². The summed E-state index contributed by atoms with van der Waals surface area (Å²) in [5, 5.41) is 9.60. The minimum atomic E-state index is -3.35. The fourth-order valence-corrected chi connectivity index (χ4v) is 2.59.